The SMILES string of the molecule is COC(=O)c1ccc(Cn2ccc3c(N4CCN(c5ccc(C)cn5)CC4)ccnc32)cc1. The first-order valence-electron chi connectivity index (χ1n) is 11.2. The lowest BCUT2D eigenvalue weighted by atomic mass is 10.1. The highest BCUT2D eigenvalue weighted by Gasteiger charge is 2.20. The molecule has 0 amide bonds. The summed E-state index contributed by atoms with van der Waals surface area (Å²) in [4.78, 5) is 25.7. The van der Waals surface area contributed by atoms with E-state index in [9.17, 15) is 4.79 Å². The Balaban J connectivity index is 1.32. The molecule has 1 aromatic carbocycles. The van der Waals surface area contributed by atoms with Crippen LogP contribution in [0.15, 0.2) is 67.1 Å². The van der Waals surface area contributed by atoms with Gasteiger partial charge in [0.05, 0.1) is 12.7 Å². The number of fused-ring (bicyclic) bond motifs is 1. The molecule has 0 radical (unpaired) electrons. The molecule has 0 N–H and O–H groups in total. The molecule has 7 heteroatoms. The van der Waals surface area contributed by atoms with Crippen LogP contribution < -0.4 is 9.80 Å². The van der Waals surface area contributed by atoms with Gasteiger partial charge in [-0.15, -0.1) is 0 Å². The average molecular weight is 442 g/mol. The smallest absolute Gasteiger partial charge is 0.337 e. The van der Waals surface area contributed by atoms with E-state index in [0.717, 1.165) is 48.6 Å². The number of aromatic nitrogens is 3. The van der Waals surface area contributed by atoms with Crippen LogP contribution in [-0.4, -0.2) is 53.8 Å². The molecule has 0 spiro atoms. The molecule has 0 atom stereocenters. The van der Waals surface area contributed by atoms with Crippen molar-refractivity contribution < 1.29 is 9.53 Å². The zero-order valence-corrected chi connectivity index (χ0v) is 18.9. The first-order valence-corrected chi connectivity index (χ1v) is 11.2. The molecule has 168 valence electrons. The summed E-state index contributed by atoms with van der Waals surface area (Å²) in [7, 11) is 1.39. The minimum Gasteiger partial charge on any atom is -0.465 e. The van der Waals surface area contributed by atoms with Crippen molar-refractivity contribution in [3.05, 3.63) is 83.8 Å². The average Bonchev–Trinajstić information content (AvgIpc) is 3.27. The number of methoxy groups -OCH3 is 1. The van der Waals surface area contributed by atoms with E-state index in [2.05, 4.69) is 61.7 Å². The van der Waals surface area contributed by atoms with Crippen molar-refractivity contribution in [2.24, 2.45) is 0 Å². The van der Waals surface area contributed by atoms with Gasteiger partial charge in [0.15, 0.2) is 0 Å². The van der Waals surface area contributed by atoms with Crippen LogP contribution in [0.25, 0.3) is 11.0 Å². The summed E-state index contributed by atoms with van der Waals surface area (Å²) in [5, 5.41) is 1.16. The van der Waals surface area contributed by atoms with Crippen molar-refractivity contribution in [3.63, 3.8) is 0 Å². The number of esters is 1. The Labute approximate surface area is 193 Å². The van der Waals surface area contributed by atoms with Gasteiger partial charge in [0.1, 0.15) is 11.5 Å². The molecular formula is C26H27N5O2. The standard InChI is InChI=1S/C26H27N5O2/c1-19-3-8-24(28-17-19)30-15-13-29(14-16-30)23-9-11-27-25-22(23)10-12-31(25)18-20-4-6-21(7-5-20)26(32)33-2/h3-12,17H,13-16,18H2,1-2H3. The van der Waals surface area contributed by atoms with Gasteiger partial charge in [-0.1, -0.05) is 18.2 Å². The lowest BCUT2D eigenvalue weighted by Crippen LogP contribution is -2.46. The predicted molar refractivity (Wildman–Crippen MR) is 130 cm³/mol. The summed E-state index contributed by atoms with van der Waals surface area (Å²) >= 11 is 0. The number of nitrogens with zero attached hydrogens (tertiary/aromatic N) is 5. The normalized spacial score (nSPS) is 14.0. The lowest BCUT2D eigenvalue weighted by Gasteiger charge is -2.37. The lowest BCUT2D eigenvalue weighted by molar-refractivity contribution is 0.0600. The van der Waals surface area contributed by atoms with Crippen LogP contribution in [-0.2, 0) is 11.3 Å². The molecule has 0 aliphatic carbocycles. The van der Waals surface area contributed by atoms with Crippen LogP contribution in [0.1, 0.15) is 21.5 Å². The topological polar surface area (TPSA) is 63.5 Å². The molecule has 5 rings (SSSR count). The quantitative estimate of drug-likeness (QED) is 0.438. The van der Waals surface area contributed by atoms with Crippen molar-refractivity contribution in [3.8, 4) is 0 Å². The summed E-state index contributed by atoms with van der Waals surface area (Å²) in [5.41, 5.74) is 5.02. The van der Waals surface area contributed by atoms with E-state index in [1.54, 1.807) is 12.1 Å². The fourth-order valence-electron chi connectivity index (χ4n) is 4.36. The Kier molecular flexibility index (Phi) is 5.69. The number of pyridine rings is 2. The number of aryl methyl sites for hydroxylation is 1. The van der Waals surface area contributed by atoms with Gasteiger partial charge in [-0.3, -0.25) is 0 Å². The predicted octanol–water partition coefficient (Wildman–Crippen LogP) is 3.90. The summed E-state index contributed by atoms with van der Waals surface area (Å²) in [6, 6.07) is 16.0. The zero-order chi connectivity index (χ0) is 22.8. The summed E-state index contributed by atoms with van der Waals surface area (Å²) in [5.74, 6) is 0.724. The third kappa shape index (κ3) is 4.26. The van der Waals surface area contributed by atoms with Crippen LogP contribution in [0.5, 0.6) is 0 Å². The Morgan fingerprint density at radius 3 is 2.39 bits per heavy atom. The fraction of sp³-hybridized carbons (Fsp3) is 0.269. The number of carbonyl (C=O) groups excluding carboxylic acids is 1. The van der Waals surface area contributed by atoms with Gasteiger partial charge < -0.3 is 19.1 Å². The number of anilines is 2. The number of hydrogen-bond donors (Lipinski definition) is 0. The highest BCUT2D eigenvalue weighted by atomic mass is 16.5. The maximum atomic E-state index is 11.7. The molecule has 1 aliphatic rings. The Hall–Kier alpha value is -3.87. The van der Waals surface area contributed by atoms with Gasteiger partial charge in [0.2, 0.25) is 0 Å². The molecule has 7 nitrogen and oxygen atoms in total. The number of piperazine rings is 1. The number of carbonyl (C=O) groups is 1. The highest BCUT2D eigenvalue weighted by molar-refractivity contribution is 5.91. The van der Waals surface area contributed by atoms with E-state index in [1.807, 2.05) is 24.5 Å². The second-order valence-corrected chi connectivity index (χ2v) is 8.37. The Bertz CT molecular complexity index is 1260. The Morgan fingerprint density at radius 2 is 1.70 bits per heavy atom. The summed E-state index contributed by atoms with van der Waals surface area (Å²) in [6.45, 7) is 6.51. The maximum Gasteiger partial charge on any atom is 0.337 e. The van der Waals surface area contributed by atoms with E-state index in [4.69, 9.17) is 4.74 Å². The highest BCUT2D eigenvalue weighted by Crippen LogP contribution is 2.28. The number of hydrogen-bond acceptors (Lipinski definition) is 6. The molecule has 1 fully saturated rings. The summed E-state index contributed by atoms with van der Waals surface area (Å²) < 4.78 is 6.93. The van der Waals surface area contributed by atoms with E-state index in [0.29, 0.717) is 12.1 Å². The maximum absolute atomic E-state index is 11.7. The van der Waals surface area contributed by atoms with E-state index in [1.165, 1.54) is 18.4 Å². The van der Waals surface area contributed by atoms with Crippen molar-refractivity contribution in [2.75, 3.05) is 43.1 Å². The third-order valence-corrected chi connectivity index (χ3v) is 6.21. The molecule has 4 heterocycles. The number of benzene rings is 1. The summed E-state index contributed by atoms with van der Waals surface area (Å²) in [6.07, 6.45) is 5.91. The van der Waals surface area contributed by atoms with Gasteiger partial charge in [-0.2, -0.15) is 0 Å². The zero-order valence-electron chi connectivity index (χ0n) is 18.9. The molecule has 0 saturated carbocycles. The van der Waals surface area contributed by atoms with Crippen molar-refractivity contribution in [2.45, 2.75) is 13.5 Å². The first-order chi connectivity index (χ1) is 16.1. The molecular weight excluding hydrogens is 414 g/mol. The minimum atomic E-state index is -0.322. The van der Waals surface area contributed by atoms with E-state index in [-0.39, 0.29) is 5.97 Å². The second kappa shape index (κ2) is 8.94. The van der Waals surface area contributed by atoms with E-state index >= 15 is 0 Å². The van der Waals surface area contributed by atoms with Crippen molar-refractivity contribution in [1.29, 1.82) is 0 Å². The van der Waals surface area contributed by atoms with Gasteiger partial charge >= 0.3 is 5.97 Å². The van der Waals surface area contributed by atoms with E-state index < -0.39 is 0 Å². The largest absolute Gasteiger partial charge is 0.465 e. The Morgan fingerprint density at radius 1 is 0.939 bits per heavy atom. The van der Waals surface area contributed by atoms with Crippen LogP contribution >= 0.6 is 0 Å². The monoisotopic (exact) mass is 441 g/mol. The number of ether oxygens (including phenoxy) is 1. The van der Waals surface area contributed by atoms with Crippen LogP contribution in [0.2, 0.25) is 0 Å². The van der Waals surface area contributed by atoms with Crippen LogP contribution in [0.3, 0.4) is 0 Å². The minimum absolute atomic E-state index is 0.322. The van der Waals surface area contributed by atoms with Gasteiger partial charge in [0.25, 0.3) is 0 Å². The molecule has 1 saturated heterocycles. The van der Waals surface area contributed by atoms with Crippen LogP contribution in [0.4, 0.5) is 11.5 Å². The van der Waals surface area contributed by atoms with Gasteiger partial charge in [-0.25, -0.2) is 14.8 Å². The van der Waals surface area contributed by atoms with Gasteiger partial charge in [-0.05, 0) is 48.4 Å². The molecule has 1 aliphatic heterocycles. The molecule has 3 aromatic heterocycles. The number of rotatable bonds is 5. The first kappa shape index (κ1) is 21.0. The molecule has 0 unspecified atom stereocenters. The third-order valence-electron chi connectivity index (χ3n) is 6.21. The van der Waals surface area contributed by atoms with Crippen molar-refractivity contribution >= 4 is 28.5 Å². The molecule has 4 aromatic rings. The molecule has 0 bridgehead atoms. The van der Waals surface area contributed by atoms with Gasteiger partial charge in [0, 0.05) is 62.4 Å². The fourth-order valence-corrected chi connectivity index (χ4v) is 4.36. The second-order valence-electron chi connectivity index (χ2n) is 8.37. The van der Waals surface area contributed by atoms with Crippen molar-refractivity contribution in [1.82, 2.24) is 14.5 Å². The van der Waals surface area contributed by atoms with Crippen LogP contribution in [0, 0.1) is 6.92 Å². The molecule has 33 heavy (non-hydrogen) atoms.